The number of hydrogen-bond donors (Lipinski definition) is 3. The lowest BCUT2D eigenvalue weighted by atomic mass is 9.94. The molecule has 0 heterocycles. The van der Waals surface area contributed by atoms with E-state index in [2.05, 4.69) is 5.32 Å². The van der Waals surface area contributed by atoms with Crippen LogP contribution in [-0.2, 0) is 4.79 Å². The van der Waals surface area contributed by atoms with Gasteiger partial charge in [-0.3, -0.25) is 9.59 Å². The van der Waals surface area contributed by atoms with E-state index in [0.717, 1.165) is 10.8 Å². The molecule has 0 fully saturated rings. The lowest BCUT2D eigenvalue weighted by molar-refractivity contribution is -0.145. The summed E-state index contributed by atoms with van der Waals surface area (Å²) < 4.78 is 0. The highest BCUT2D eigenvalue weighted by atomic mass is 16.4. The van der Waals surface area contributed by atoms with E-state index in [1.54, 1.807) is 42.5 Å². The van der Waals surface area contributed by atoms with Gasteiger partial charge in [0.15, 0.2) is 0 Å². The van der Waals surface area contributed by atoms with Crippen LogP contribution in [0, 0.1) is 5.92 Å². The number of carbonyl (C=O) groups excluding carboxylic acids is 1. The highest BCUT2D eigenvalue weighted by molar-refractivity contribution is 5.94. The second-order valence-corrected chi connectivity index (χ2v) is 6.07. The van der Waals surface area contributed by atoms with Crippen LogP contribution in [0.5, 0.6) is 0 Å². The predicted molar refractivity (Wildman–Crippen MR) is 98.8 cm³/mol. The molecule has 132 valence electrons. The van der Waals surface area contributed by atoms with Crippen LogP contribution >= 0.6 is 0 Å². The topological polar surface area (TPSA) is 86.6 Å². The Balaban J connectivity index is 1.75. The zero-order chi connectivity index (χ0) is 18.5. The second-order valence-electron chi connectivity index (χ2n) is 6.07. The normalized spacial score (nSPS) is 13.1. The number of carbonyl (C=O) groups is 2. The average Bonchev–Trinajstić information content (AvgIpc) is 2.67. The molecule has 0 aromatic heterocycles. The Kier molecular flexibility index (Phi) is 5.29. The van der Waals surface area contributed by atoms with Crippen LogP contribution in [0.15, 0.2) is 72.8 Å². The Morgan fingerprint density at radius 1 is 0.885 bits per heavy atom. The van der Waals surface area contributed by atoms with E-state index in [1.807, 2.05) is 30.3 Å². The number of nitrogens with one attached hydrogen (secondary N) is 1. The number of carboxylic acids is 1. The Bertz CT molecular complexity index is 923. The monoisotopic (exact) mass is 349 g/mol. The lowest BCUT2D eigenvalue weighted by Crippen LogP contribution is -2.36. The summed E-state index contributed by atoms with van der Waals surface area (Å²) in [5.41, 5.74) is 0.946. The van der Waals surface area contributed by atoms with Gasteiger partial charge in [0.2, 0.25) is 0 Å². The van der Waals surface area contributed by atoms with Crippen LogP contribution in [-0.4, -0.2) is 28.6 Å². The van der Waals surface area contributed by atoms with Gasteiger partial charge in [-0.25, -0.2) is 0 Å². The van der Waals surface area contributed by atoms with Crippen molar-refractivity contribution in [3.8, 4) is 0 Å². The van der Waals surface area contributed by atoms with Crippen molar-refractivity contribution in [2.75, 3.05) is 6.54 Å². The first-order chi connectivity index (χ1) is 12.6. The number of rotatable bonds is 6. The molecule has 2 unspecified atom stereocenters. The number of carboxylic acid groups (broad SMARTS) is 1. The summed E-state index contributed by atoms with van der Waals surface area (Å²) in [5, 5.41) is 24.6. The largest absolute Gasteiger partial charge is 0.481 e. The Morgan fingerprint density at radius 3 is 2.23 bits per heavy atom. The molecule has 2 atom stereocenters. The van der Waals surface area contributed by atoms with E-state index < -0.39 is 18.0 Å². The molecule has 3 aromatic carbocycles. The fourth-order valence-corrected chi connectivity index (χ4v) is 2.85. The SMILES string of the molecule is O=C(NCC(C(=O)O)C(O)c1ccc2ccccc2c1)c1ccccc1. The summed E-state index contributed by atoms with van der Waals surface area (Å²) in [6.45, 7) is -0.170. The minimum atomic E-state index is -1.23. The van der Waals surface area contributed by atoms with Crippen molar-refractivity contribution in [3.63, 3.8) is 0 Å². The molecule has 3 N–H and O–H groups in total. The van der Waals surface area contributed by atoms with E-state index in [-0.39, 0.29) is 12.5 Å². The number of aliphatic hydroxyl groups excluding tert-OH is 1. The molecule has 5 nitrogen and oxygen atoms in total. The van der Waals surface area contributed by atoms with Crippen molar-refractivity contribution in [1.82, 2.24) is 5.32 Å². The quantitative estimate of drug-likeness (QED) is 0.638. The molecule has 0 aliphatic heterocycles. The maximum absolute atomic E-state index is 12.1. The summed E-state index contributed by atoms with van der Waals surface area (Å²) in [5.74, 6) is -2.69. The van der Waals surface area contributed by atoms with Crippen LogP contribution in [0.2, 0.25) is 0 Å². The van der Waals surface area contributed by atoms with Crippen LogP contribution in [0.3, 0.4) is 0 Å². The van der Waals surface area contributed by atoms with Gasteiger partial charge in [-0.05, 0) is 34.5 Å². The number of hydrogen-bond acceptors (Lipinski definition) is 3. The van der Waals surface area contributed by atoms with Gasteiger partial charge in [-0.15, -0.1) is 0 Å². The van der Waals surface area contributed by atoms with Crippen molar-refractivity contribution in [1.29, 1.82) is 0 Å². The molecule has 1 amide bonds. The first-order valence-corrected chi connectivity index (χ1v) is 8.29. The lowest BCUT2D eigenvalue weighted by Gasteiger charge is -2.20. The second kappa shape index (κ2) is 7.80. The molecule has 0 aliphatic rings. The third kappa shape index (κ3) is 3.90. The van der Waals surface area contributed by atoms with E-state index in [1.165, 1.54) is 0 Å². The minimum Gasteiger partial charge on any atom is -0.481 e. The first kappa shape index (κ1) is 17.6. The van der Waals surface area contributed by atoms with Crippen LogP contribution in [0.1, 0.15) is 22.0 Å². The van der Waals surface area contributed by atoms with Gasteiger partial charge in [0.05, 0.1) is 6.10 Å². The van der Waals surface area contributed by atoms with Crippen molar-refractivity contribution in [2.45, 2.75) is 6.10 Å². The maximum Gasteiger partial charge on any atom is 0.311 e. The molecular formula is C21H19NO4. The predicted octanol–water partition coefficient (Wildman–Crippen LogP) is 3.00. The third-order valence-corrected chi connectivity index (χ3v) is 4.33. The van der Waals surface area contributed by atoms with Crippen molar-refractivity contribution in [2.24, 2.45) is 5.92 Å². The number of aliphatic hydroxyl groups is 1. The molecule has 0 bridgehead atoms. The van der Waals surface area contributed by atoms with Gasteiger partial charge in [0.25, 0.3) is 5.91 Å². The summed E-state index contributed by atoms with van der Waals surface area (Å²) in [6, 6.07) is 21.5. The van der Waals surface area contributed by atoms with E-state index in [9.17, 15) is 19.8 Å². The molecule has 5 heteroatoms. The third-order valence-electron chi connectivity index (χ3n) is 4.33. The zero-order valence-electron chi connectivity index (χ0n) is 14.0. The van der Waals surface area contributed by atoms with Gasteiger partial charge in [-0.1, -0.05) is 54.6 Å². The minimum absolute atomic E-state index is 0.170. The van der Waals surface area contributed by atoms with Crippen molar-refractivity contribution in [3.05, 3.63) is 83.9 Å². The number of amides is 1. The Morgan fingerprint density at radius 2 is 1.54 bits per heavy atom. The van der Waals surface area contributed by atoms with Crippen LogP contribution in [0.25, 0.3) is 10.8 Å². The van der Waals surface area contributed by atoms with Gasteiger partial charge >= 0.3 is 5.97 Å². The average molecular weight is 349 g/mol. The Hall–Kier alpha value is -3.18. The summed E-state index contributed by atoms with van der Waals surface area (Å²) in [7, 11) is 0. The van der Waals surface area contributed by atoms with Gasteiger partial charge in [-0.2, -0.15) is 0 Å². The molecular weight excluding hydrogens is 330 g/mol. The van der Waals surface area contributed by atoms with Crippen LogP contribution < -0.4 is 5.32 Å². The summed E-state index contributed by atoms with van der Waals surface area (Å²) in [6.07, 6.45) is -1.23. The molecule has 3 rings (SSSR count). The molecule has 0 saturated carbocycles. The number of fused-ring (bicyclic) bond motifs is 1. The molecule has 26 heavy (non-hydrogen) atoms. The standard InChI is InChI=1S/C21H19NO4/c23-19(17-11-10-14-6-4-5-9-16(14)12-17)18(21(25)26)13-22-20(24)15-7-2-1-3-8-15/h1-12,18-19,23H,13H2,(H,22,24)(H,25,26). The Labute approximate surface area is 150 Å². The van der Waals surface area contributed by atoms with E-state index in [0.29, 0.717) is 11.1 Å². The highest BCUT2D eigenvalue weighted by Crippen LogP contribution is 2.26. The highest BCUT2D eigenvalue weighted by Gasteiger charge is 2.28. The molecule has 3 aromatic rings. The maximum atomic E-state index is 12.1. The molecule has 0 radical (unpaired) electrons. The zero-order valence-corrected chi connectivity index (χ0v) is 14.0. The number of benzene rings is 3. The molecule has 0 spiro atoms. The van der Waals surface area contributed by atoms with E-state index >= 15 is 0 Å². The van der Waals surface area contributed by atoms with Crippen molar-refractivity contribution >= 4 is 22.6 Å². The summed E-state index contributed by atoms with van der Waals surface area (Å²) in [4.78, 5) is 23.7. The molecule has 0 aliphatic carbocycles. The van der Waals surface area contributed by atoms with Gasteiger partial charge in [0, 0.05) is 12.1 Å². The van der Waals surface area contributed by atoms with Gasteiger partial charge < -0.3 is 15.5 Å². The fourth-order valence-electron chi connectivity index (χ4n) is 2.85. The fraction of sp³-hybridized carbons (Fsp3) is 0.143. The molecule has 0 saturated heterocycles. The number of aliphatic carboxylic acids is 1. The van der Waals surface area contributed by atoms with Gasteiger partial charge in [0.1, 0.15) is 5.92 Å². The first-order valence-electron chi connectivity index (χ1n) is 8.29. The smallest absolute Gasteiger partial charge is 0.311 e. The van der Waals surface area contributed by atoms with Crippen molar-refractivity contribution < 1.29 is 19.8 Å². The van der Waals surface area contributed by atoms with E-state index in [4.69, 9.17) is 0 Å². The van der Waals surface area contributed by atoms with Crippen LogP contribution in [0.4, 0.5) is 0 Å². The summed E-state index contributed by atoms with van der Waals surface area (Å²) >= 11 is 0.